The number of rotatable bonds is 6. The summed E-state index contributed by atoms with van der Waals surface area (Å²) >= 11 is 1.93. The third-order valence-electron chi connectivity index (χ3n) is 2.51. The summed E-state index contributed by atoms with van der Waals surface area (Å²) in [4.78, 5) is 0. The lowest BCUT2D eigenvalue weighted by Gasteiger charge is -2.11. The Bertz CT molecular complexity index is 118. The minimum atomic E-state index is 0.328. The fraction of sp³-hybridized carbons (Fsp3) is 1.00. The molecule has 0 radical (unpaired) electrons. The van der Waals surface area contributed by atoms with Crippen molar-refractivity contribution in [2.24, 2.45) is 0 Å². The Morgan fingerprint density at radius 2 is 2.31 bits per heavy atom. The Morgan fingerprint density at radius 3 is 3.00 bits per heavy atom. The first-order valence-electron chi connectivity index (χ1n) is 5.32. The molecule has 1 aliphatic carbocycles. The van der Waals surface area contributed by atoms with Gasteiger partial charge in [0.1, 0.15) is 0 Å². The highest BCUT2D eigenvalue weighted by molar-refractivity contribution is 7.99. The summed E-state index contributed by atoms with van der Waals surface area (Å²) in [6, 6.07) is 0.746. The van der Waals surface area contributed by atoms with Crippen LogP contribution in [0.4, 0.5) is 0 Å². The fourth-order valence-electron chi connectivity index (χ4n) is 1.84. The van der Waals surface area contributed by atoms with E-state index in [2.05, 4.69) is 12.2 Å². The number of hydrogen-bond acceptors (Lipinski definition) is 3. The van der Waals surface area contributed by atoms with Gasteiger partial charge in [-0.25, -0.2) is 0 Å². The minimum absolute atomic E-state index is 0.328. The predicted octanol–water partition coefficient (Wildman–Crippen LogP) is 1.63. The van der Waals surface area contributed by atoms with Crippen LogP contribution in [0, 0.1) is 0 Å². The van der Waals surface area contributed by atoms with Gasteiger partial charge in [-0.15, -0.1) is 0 Å². The van der Waals surface area contributed by atoms with Gasteiger partial charge in [0.25, 0.3) is 0 Å². The molecule has 0 bridgehead atoms. The van der Waals surface area contributed by atoms with Crippen LogP contribution in [0.25, 0.3) is 0 Å². The number of nitrogens with one attached hydrogen (secondary N) is 1. The Hall–Kier alpha value is 0.270. The number of aliphatic hydroxyl groups excluding tert-OH is 1. The van der Waals surface area contributed by atoms with Gasteiger partial charge in [-0.2, -0.15) is 11.8 Å². The van der Waals surface area contributed by atoms with Crippen LogP contribution in [0.1, 0.15) is 32.6 Å². The standard InChI is InChI=1S/C10H21NOS/c1-2-5-11-9-3-4-10(8-9)13-7-6-12/h9-12H,2-8H2,1H3. The second-order valence-corrected chi connectivity index (χ2v) is 5.09. The van der Waals surface area contributed by atoms with Crippen molar-refractivity contribution in [1.29, 1.82) is 0 Å². The molecule has 2 atom stereocenters. The van der Waals surface area contributed by atoms with E-state index in [4.69, 9.17) is 5.11 Å². The van der Waals surface area contributed by atoms with Gasteiger partial charge in [0.05, 0.1) is 6.61 Å². The molecule has 1 aliphatic rings. The van der Waals surface area contributed by atoms with Crippen molar-refractivity contribution in [2.75, 3.05) is 18.9 Å². The van der Waals surface area contributed by atoms with E-state index in [1.165, 1.54) is 25.7 Å². The average Bonchev–Trinajstić information content (AvgIpc) is 2.59. The van der Waals surface area contributed by atoms with Crippen LogP contribution in [0.5, 0.6) is 0 Å². The van der Waals surface area contributed by atoms with E-state index in [0.717, 1.165) is 23.6 Å². The number of aliphatic hydroxyl groups is 1. The summed E-state index contributed by atoms with van der Waals surface area (Å²) in [5.41, 5.74) is 0. The van der Waals surface area contributed by atoms with Crippen molar-refractivity contribution < 1.29 is 5.11 Å². The van der Waals surface area contributed by atoms with E-state index >= 15 is 0 Å². The van der Waals surface area contributed by atoms with Crippen molar-refractivity contribution in [3.63, 3.8) is 0 Å². The molecule has 0 aromatic rings. The first-order valence-corrected chi connectivity index (χ1v) is 6.37. The highest BCUT2D eigenvalue weighted by Crippen LogP contribution is 2.29. The Balaban J connectivity index is 2.05. The molecule has 2 nitrogen and oxygen atoms in total. The lowest BCUT2D eigenvalue weighted by atomic mass is 10.2. The van der Waals surface area contributed by atoms with Crippen molar-refractivity contribution in [1.82, 2.24) is 5.32 Å². The van der Waals surface area contributed by atoms with Gasteiger partial charge in [-0.3, -0.25) is 0 Å². The molecule has 1 saturated carbocycles. The lowest BCUT2D eigenvalue weighted by molar-refractivity contribution is 0.322. The number of thioether (sulfide) groups is 1. The molecular formula is C10H21NOS. The second kappa shape index (κ2) is 6.68. The van der Waals surface area contributed by atoms with Crippen LogP contribution >= 0.6 is 11.8 Å². The maximum atomic E-state index is 8.70. The zero-order valence-electron chi connectivity index (χ0n) is 8.46. The zero-order valence-corrected chi connectivity index (χ0v) is 9.28. The molecule has 1 rings (SSSR count). The maximum absolute atomic E-state index is 8.70. The summed E-state index contributed by atoms with van der Waals surface area (Å²) in [7, 11) is 0. The molecule has 2 unspecified atom stereocenters. The molecule has 0 aliphatic heterocycles. The summed E-state index contributed by atoms with van der Waals surface area (Å²) < 4.78 is 0. The van der Waals surface area contributed by atoms with E-state index in [-0.39, 0.29) is 0 Å². The molecule has 3 heteroatoms. The van der Waals surface area contributed by atoms with Gasteiger partial charge in [-0.1, -0.05) is 6.92 Å². The van der Waals surface area contributed by atoms with E-state index in [0.29, 0.717) is 6.61 Å². The molecule has 78 valence electrons. The minimum Gasteiger partial charge on any atom is -0.396 e. The van der Waals surface area contributed by atoms with Crippen molar-refractivity contribution in [3.05, 3.63) is 0 Å². The summed E-state index contributed by atoms with van der Waals surface area (Å²) in [5.74, 6) is 0.908. The smallest absolute Gasteiger partial charge is 0.0521 e. The van der Waals surface area contributed by atoms with Crippen molar-refractivity contribution >= 4 is 11.8 Å². The molecule has 0 spiro atoms. The van der Waals surface area contributed by atoms with Crippen LogP contribution in [-0.2, 0) is 0 Å². The molecule has 1 fully saturated rings. The number of hydrogen-bond donors (Lipinski definition) is 2. The van der Waals surface area contributed by atoms with Crippen LogP contribution < -0.4 is 5.32 Å². The van der Waals surface area contributed by atoms with E-state index in [1.807, 2.05) is 11.8 Å². The van der Waals surface area contributed by atoms with E-state index < -0.39 is 0 Å². The van der Waals surface area contributed by atoms with Crippen LogP contribution in [-0.4, -0.2) is 35.3 Å². The molecule has 0 amide bonds. The largest absolute Gasteiger partial charge is 0.396 e. The van der Waals surface area contributed by atoms with Crippen LogP contribution in [0.3, 0.4) is 0 Å². The maximum Gasteiger partial charge on any atom is 0.0521 e. The van der Waals surface area contributed by atoms with Gasteiger partial charge in [-0.05, 0) is 32.2 Å². The van der Waals surface area contributed by atoms with Gasteiger partial charge in [0.2, 0.25) is 0 Å². The molecule has 13 heavy (non-hydrogen) atoms. The first-order chi connectivity index (χ1) is 6.36. The SMILES string of the molecule is CCCNC1CCC(SCCO)C1. The Labute approximate surface area is 85.5 Å². The summed E-state index contributed by atoms with van der Waals surface area (Å²) in [6.07, 6.45) is 5.17. The second-order valence-electron chi connectivity index (χ2n) is 3.68. The van der Waals surface area contributed by atoms with Crippen LogP contribution in [0.2, 0.25) is 0 Å². The van der Waals surface area contributed by atoms with E-state index in [1.54, 1.807) is 0 Å². The summed E-state index contributed by atoms with van der Waals surface area (Å²) in [6.45, 7) is 3.69. The lowest BCUT2D eigenvalue weighted by Crippen LogP contribution is -2.27. The van der Waals surface area contributed by atoms with Crippen molar-refractivity contribution in [3.8, 4) is 0 Å². The Kier molecular flexibility index (Phi) is 5.83. The van der Waals surface area contributed by atoms with Gasteiger partial charge >= 0.3 is 0 Å². The highest BCUT2D eigenvalue weighted by Gasteiger charge is 2.23. The van der Waals surface area contributed by atoms with Gasteiger partial charge < -0.3 is 10.4 Å². The molecule has 0 aromatic heterocycles. The normalized spacial score (nSPS) is 28.2. The Morgan fingerprint density at radius 1 is 1.46 bits per heavy atom. The third-order valence-corrected chi connectivity index (χ3v) is 3.83. The van der Waals surface area contributed by atoms with E-state index in [9.17, 15) is 0 Å². The third kappa shape index (κ3) is 4.34. The molecule has 0 saturated heterocycles. The average molecular weight is 203 g/mol. The van der Waals surface area contributed by atoms with Gasteiger partial charge in [0.15, 0.2) is 0 Å². The van der Waals surface area contributed by atoms with Crippen molar-refractivity contribution in [2.45, 2.75) is 43.9 Å². The summed E-state index contributed by atoms with van der Waals surface area (Å²) in [5, 5.41) is 13.1. The molecule has 0 heterocycles. The first kappa shape index (κ1) is 11.3. The monoisotopic (exact) mass is 203 g/mol. The molecular weight excluding hydrogens is 182 g/mol. The molecule has 0 aromatic carbocycles. The van der Waals surface area contributed by atoms with Crippen LogP contribution in [0.15, 0.2) is 0 Å². The topological polar surface area (TPSA) is 32.3 Å². The van der Waals surface area contributed by atoms with Gasteiger partial charge in [0, 0.05) is 17.0 Å². The molecule has 2 N–H and O–H groups in total. The predicted molar refractivity (Wildman–Crippen MR) is 59.3 cm³/mol. The zero-order chi connectivity index (χ0) is 9.52. The fourth-order valence-corrected chi connectivity index (χ4v) is 2.95. The quantitative estimate of drug-likeness (QED) is 0.688. The highest BCUT2D eigenvalue weighted by atomic mass is 32.2.